The number of carbonyl (C=O) groups excluding carboxylic acids is 2. The first kappa shape index (κ1) is 23.1. The first-order chi connectivity index (χ1) is 15.5. The third kappa shape index (κ3) is 7.02. The molecule has 0 spiro atoms. The van der Waals surface area contributed by atoms with Gasteiger partial charge in [-0.1, -0.05) is 29.8 Å². The van der Waals surface area contributed by atoms with E-state index < -0.39 is 11.9 Å². The minimum absolute atomic E-state index is 0.147. The number of anilines is 1. The molecule has 0 saturated heterocycles. The number of nitrogens with one attached hydrogen (secondary N) is 1. The average molecular weight is 458 g/mol. The summed E-state index contributed by atoms with van der Waals surface area (Å²) in [5, 5.41) is 7.51. The van der Waals surface area contributed by atoms with Gasteiger partial charge in [-0.05, 0) is 42.3 Å². The second-order valence-corrected chi connectivity index (χ2v) is 7.21. The summed E-state index contributed by atoms with van der Waals surface area (Å²) >= 11 is 6.18. The van der Waals surface area contributed by atoms with Gasteiger partial charge in [0.15, 0.2) is 6.61 Å². The Labute approximate surface area is 191 Å². The van der Waals surface area contributed by atoms with Crippen molar-refractivity contribution in [1.82, 2.24) is 9.78 Å². The Hall–Kier alpha value is -3.52. The molecule has 168 valence electrons. The Kier molecular flexibility index (Phi) is 8.51. The SMILES string of the molecule is COc1ccc(OCCCC(=O)OCC(=O)Nc2ccnn2Cc2ccccc2Cl)cc1. The highest BCUT2D eigenvalue weighted by Crippen LogP contribution is 2.18. The topological polar surface area (TPSA) is 91.7 Å². The van der Waals surface area contributed by atoms with E-state index in [0.29, 0.717) is 36.2 Å². The van der Waals surface area contributed by atoms with Gasteiger partial charge in [-0.15, -0.1) is 0 Å². The minimum Gasteiger partial charge on any atom is -0.497 e. The quantitative estimate of drug-likeness (QED) is 0.346. The van der Waals surface area contributed by atoms with Crippen LogP contribution in [0.4, 0.5) is 5.82 Å². The van der Waals surface area contributed by atoms with Crippen molar-refractivity contribution in [3.63, 3.8) is 0 Å². The summed E-state index contributed by atoms with van der Waals surface area (Å²) in [6, 6.07) is 16.2. The monoisotopic (exact) mass is 457 g/mol. The lowest BCUT2D eigenvalue weighted by molar-refractivity contribution is -0.147. The zero-order chi connectivity index (χ0) is 22.8. The molecule has 2 aromatic carbocycles. The first-order valence-corrected chi connectivity index (χ1v) is 10.4. The first-order valence-electron chi connectivity index (χ1n) is 10.0. The van der Waals surface area contributed by atoms with E-state index >= 15 is 0 Å². The van der Waals surface area contributed by atoms with Crippen molar-refractivity contribution < 1.29 is 23.8 Å². The number of halogens is 1. The molecule has 3 aromatic rings. The Bertz CT molecular complexity index is 1040. The predicted molar refractivity (Wildman–Crippen MR) is 120 cm³/mol. The number of carbonyl (C=O) groups is 2. The lowest BCUT2D eigenvalue weighted by atomic mass is 10.2. The number of ether oxygens (including phenoxy) is 3. The fourth-order valence-corrected chi connectivity index (χ4v) is 3.02. The van der Waals surface area contributed by atoms with E-state index in [1.165, 1.54) is 0 Å². The van der Waals surface area contributed by atoms with Crippen LogP contribution in [0.2, 0.25) is 5.02 Å². The normalized spacial score (nSPS) is 10.4. The van der Waals surface area contributed by atoms with Crippen LogP contribution in [0.3, 0.4) is 0 Å². The zero-order valence-electron chi connectivity index (χ0n) is 17.6. The van der Waals surface area contributed by atoms with Crippen LogP contribution in [0.5, 0.6) is 11.5 Å². The molecule has 0 bridgehead atoms. The van der Waals surface area contributed by atoms with Crippen LogP contribution in [0, 0.1) is 0 Å². The number of hydrogen-bond donors (Lipinski definition) is 1. The van der Waals surface area contributed by atoms with E-state index in [0.717, 1.165) is 11.3 Å². The Morgan fingerprint density at radius 2 is 1.81 bits per heavy atom. The van der Waals surface area contributed by atoms with Gasteiger partial charge in [0, 0.05) is 17.5 Å². The molecule has 0 saturated carbocycles. The maximum Gasteiger partial charge on any atom is 0.306 e. The molecule has 0 radical (unpaired) electrons. The molecule has 0 aliphatic rings. The van der Waals surface area contributed by atoms with Gasteiger partial charge >= 0.3 is 5.97 Å². The molecule has 9 heteroatoms. The second-order valence-electron chi connectivity index (χ2n) is 6.80. The fourth-order valence-electron chi connectivity index (χ4n) is 2.83. The number of aromatic nitrogens is 2. The summed E-state index contributed by atoms with van der Waals surface area (Å²) < 4.78 is 17.3. The highest BCUT2D eigenvalue weighted by atomic mass is 35.5. The average Bonchev–Trinajstić information content (AvgIpc) is 3.23. The molecular weight excluding hydrogens is 434 g/mol. The molecule has 1 heterocycles. The maximum absolute atomic E-state index is 12.2. The van der Waals surface area contributed by atoms with E-state index in [-0.39, 0.29) is 13.0 Å². The molecule has 0 aliphatic heterocycles. The van der Waals surface area contributed by atoms with Crippen LogP contribution in [0.1, 0.15) is 18.4 Å². The minimum atomic E-state index is -0.469. The highest BCUT2D eigenvalue weighted by molar-refractivity contribution is 6.31. The summed E-state index contributed by atoms with van der Waals surface area (Å²) in [6.45, 7) is 0.376. The third-order valence-corrected chi connectivity index (χ3v) is 4.85. The number of rotatable bonds is 11. The maximum atomic E-state index is 12.2. The molecular formula is C23H24ClN3O5. The van der Waals surface area contributed by atoms with Crippen LogP contribution >= 0.6 is 11.6 Å². The largest absolute Gasteiger partial charge is 0.497 e. The van der Waals surface area contributed by atoms with Gasteiger partial charge in [0.1, 0.15) is 17.3 Å². The Morgan fingerprint density at radius 1 is 1.06 bits per heavy atom. The summed E-state index contributed by atoms with van der Waals surface area (Å²) in [4.78, 5) is 24.0. The summed E-state index contributed by atoms with van der Waals surface area (Å²) in [5.41, 5.74) is 0.872. The van der Waals surface area contributed by atoms with Crippen molar-refractivity contribution in [1.29, 1.82) is 0 Å². The predicted octanol–water partition coefficient (Wildman–Crippen LogP) is 3.93. The summed E-state index contributed by atoms with van der Waals surface area (Å²) in [7, 11) is 1.59. The fraction of sp³-hybridized carbons (Fsp3) is 0.261. The molecule has 0 atom stereocenters. The summed E-state index contributed by atoms with van der Waals surface area (Å²) in [5.74, 6) is 0.994. The molecule has 0 fully saturated rings. The summed E-state index contributed by atoms with van der Waals surface area (Å²) in [6.07, 6.45) is 2.19. The van der Waals surface area contributed by atoms with Crippen LogP contribution in [-0.2, 0) is 20.9 Å². The van der Waals surface area contributed by atoms with E-state index in [9.17, 15) is 9.59 Å². The third-order valence-electron chi connectivity index (χ3n) is 4.48. The van der Waals surface area contributed by atoms with Gasteiger partial charge in [-0.3, -0.25) is 9.59 Å². The molecule has 0 unspecified atom stereocenters. The van der Waals surface area contributed by atoms with Gasteiger partial charge < -0.3 is 19.5 Å². The number of benzene rings is 2. The van der Waals surface area contributed by atoms with Gasteiger partial charge in [0.05, 0.1) is 26.5 Å². The molecule has 32 heavy (non-hydrogen) atoms. The van der Waals surface area contributed by atoms with E-state index in [4.69, 9.17) is 25.8 Å². The number of methoxy groups -OCH3 is 1. The van der Waals surface area contributed by atoms with Gasteiger partial charge in [0.25, 0.3) is 5.91 Å². The number of nitrogens with zero attached hydrogens (tertiary/aromatic N) is 2. The van der Waals surface area contributed by atoms with E-state index in [1.807, 2.05) is 18.2 Å². The van der Waals surface area contributed by atoms with Crippen molar-refractivity contribution in [3.05, 3.63) is 71.4 Å². The van der Waals surface area contributed by atoms with E-state index in [1.54, 1.807) is 54.4 Å². The lowest BCUT2D eigenvalue weighted by Gasteiger charge is -2.10. The van der Waals surface area contributed by atoms with Gasteiger partial charge in [-0.25, -0.2) is 4.68 Å². The molecule has 1 N–H and O–H groups in total. The zero-order valence-corrected chi connectivity index (χ0v) is 18.4. The van der Waals surface area contributed by atoms with Gasteiger partial charge in [0.2, 0.25) is 0 Å². The van der Waals surface area contributed by atoms with Gasteiger partial charge in [-0.2, -0.15) is 5.10 Å². The standard InChI is InChI=1S/C23H24ClN3O5/c1-30-18-8-10-19(11-9-18)31-14-4-7-23(29)32-16-22(28)26-21-12-13-25-27(21)15-17-5-2-3-6-20(17)24/h2-3,5-6,8-13H,4,7,14-16H2,1H3,(H,26,28). The van der Waals surface area contributed by atoms with Crippen LogP contribution in [-0.4, -0.2) is 42.0 Å². The molecule has 8 nitrogen and oxygen atoms in total. The van der Waals surface area contributed by atoms with Crippen LogP contribution in [0.15, 0.2) is 60.8 Å². The van der Waals surface area contributed by atoms with E-state index in [2.05, 4.69) is 10.4 Å². The second kappa shape index (κ2) is 11.8. The Morgan fingerprint density at radius 3 is 2.56 bits per heavy atom. The molecule has 0 aliphatic carbocycles. The highest BCUT2D eigenvalue weighted by Gasteiger charge is 2.12. The van der Waals surface area contributed by atoms with Crippen molar-refractivity contribution in [2.24, 2.45) is 0 Å². The van der Waals surface area contributed by atoms with Crippen molar-refractivity contribution in [2.45, 2.75) is 19.4 Å². The number of hydrogen-bond acceptors (Lipinski definition) is 6. The van der Waals surface area contributed by atoms with Crippen LogP contribution in [0.25, 0.3) is 0 Å². The molecule has 1 amide bonds. The number of amides is 1. The Balaban J connectivity index is 1.36. The number of esters is 1. The van der Waals surface area contributed by atoms with Crippen molar-refractivity contribution >= 4 is 29.3 Å². The lowest BCUT2D eigenvalue weighted by Crippen LogP contribution is -2.23. The molecule has 3 rings (SSSR count). The molecule has 1 aromatic heterocycles. The van der Waals surface area contributed by atoms with Crippen molar-refractivity contribution in [2.75, 3.05) is 25.6 Å². The van der Waals surface area contributed by atoms with Crippen LogP contribution < -0.4 is 14.8 Å². The smallest absolute Gasteiger partial charge is 0.306 e. The van der Waals surface area contributed by atoms with Crippen molar-refractivity contribution in [3.8, 4) is 11.5 Å².